The molecule has 0 atom stereocenters. The number of piperidine rings is 1. The van der Waals surface area contributed by atoms with Crippen molar-refractivity contribution in [2.45, 2.75) is 45.7 Å². The quantitative estimate of drug-likeness (QED) is 0.658. The summed E-state index contributed by atoms with van der Waals surface area (Å²) in [4.78, 5) is 28.0. The Morgan fingerprint density at radius 3 is 2.52 bits per heavy atom. The first kappa shape index (κ1) is 22.9. The molecule has 162 valence electrons. The number of halogens is 1. The summed E-state index contributed by atoms with van der Waals surface area (Å²) in [6.07, 6.45) is 1.99. The molecule has 1 fully saturated rings. The number of carbonyl (C=O) groups is 2. The van der Waals surface area contributed by atoms with Gasteiger partial charge in [-0.25, -0.2) is 9.18 Å². The molecular weight excluding hydrogens is 375 g/mol. The molecule has 0 aliphatic carbocycles. The van der Waals surface area contributed by atoms with Gasteiger partial charge in [-0.1, -0.05) is 6.07 Å². The Morgan fingerprint density at radius 1 is 1.24 bits per heavy atom. The molecule has 0 radical (unpaired) electrons. The Hall–Kier alpha value is -2.35. The summed E-state index contributed by atoms with van der Waals surface area (Å²) >= 11 is 0. The molecule has 29 heavy (non-hydrogen) atoms. The Bertz CT molecular complexity index is 674. The van der Waals surface area contributed by atoms with Gasteiger partial charge in [0.15, 0.2) is 11.6 Å². The van der Waals surface area contributed by atoms with Gasteiger partial charge in [-0.15, -0.1) is 0 Å². The monoisotopic (exact) mass is 408 g/mol. The van der Waals surface area contributed by atoms with Crippen LogP contribution in [0.5, 0.6) is 5.75 Å². The summed E-state index contributed by atoms with van der Waals surface area (Å²) in [7, 11) is 1.45. The van der Waals surface area contributed by atoms with E-state index in [1.165, 1.54) is 13.2 Å². The number of likely N-dealkylation sites (tertiary alicyclic amines) is 1. The molecular formula is C21H33FN4O3. The molecule has 1 aliphatic rings. The fraction of sp³-hybridized carbons (Fsp3) is 0.619. The highest BCUT2D eigenvalue weighted by molar-refractivity contribution is 5.78. The largest absolute Gasteiger partial charge is 0.494 e. The molecule has 1 aromatic carbocycles. The van der Waals surface area contributed by atoms with E-state index in [2.05, 4.69) is 15.5 Å². The van der Waals surface area contributed by atoms with Crippen molar-refractivity contribution < 1.29 is 18.7 Å². The summed E-state index contributed by atoms with van der Waals surface area (Å²) in [5.74, 6) is -0.0438. The van der Waals surface area contributed by atoms with Gasteiger partial charge in [0.05, 0.1) is 7.11 Å². The van der Waals surface area contributed by atoms with Gasteiger partial charge < -0.3 is 20.3 Å². The lowest BCUT2D eigenvalue weighted by Gasteiger charge is -2.32. The van der Waals surface area contributed by atoms with Gasteiger partial charge in [0.25, 0.3) is 0 Å². The van der Waals surface area contributed by atoms with E-state index in [4.69, 9.17) is 4.74 Å². The topological polar surface area (TPSA) is 73.9 Å². The lowest BCUT2D eigenvalue weighted by atomic mass is 10.0. The van der Waals surface area contributed by atoms with E-state index in [1.54, 1.807) is 11.0 Å². The Kier molecular flexibility index (Phi) is 9.18. The summed E-state index contributed by atoms with van der Waals surface area (Å²) in [6, 6.07) is 4.91. The second-order valence-corrected chi connectivity index (χ2v) is 7.24. The van der Waals surface area contributed by atoms with Crippen molar-refractivity contribution in [3.8, 4) is 5.75 Å². The Balaban J connectivity index is 1.66. The zero-order valence-corrected chi connectivity index (χ0v) is 17.7. The number of amides is 3. The maximum absolute atomic E-state index is 13.8. The van der Waals surface area contributed by atoms with Crippen molar-refractivity contribution in [3.05, 3.63) is 29.6 Å². The molecule has 3 amide bonds. The van der Waals surface area contributed by atoms with E-state index >= 15 is 0 Å². The van der Waals surface area contributed by atoms with Gasteiger partial charge in [-0.2, -0.15) is 0 Å². The first-order chi connectivity index (χ1) is 14.0. The van der Waals surface area contributed by atoms with Crippen LogP contribution in [0, 0.1) is 5.82 Å². The van der Waals surface area contributed by atoms with Crippen LogP contribution in [-0.4, -0.2) is 67.6 Å². The number of ether oxygens (including phenoxy) is 1. The SMILES string of the molecule is CCN(CC)C(=O)CCNC(=O)NC1CCN(Cc2ccc(OC)c(F)c2)CC1. The van der Waals surface area contributed by atoms with Gasteiger partial charge in [0, 0.05) is 51.7 Å². The third-order valence-electron chi connectivity index (χ3n) is 5.29. The van der Waals surface area contributed by atoms with Gasteiger partial charge in [-0.3, -0.25) is 9.69 Å². The van der Waals surface area contributed by atoms with E-state index in [-0.39, 0.29) is 29.5 Å². The molecule has 2 N–H and O–H groups in total. The van der Waals surface area contributed by atoms with Crippen molar-refractivity contribution in [1.29, 1.82) is 0 Å². The third kappa shape index (κ3) is 7.20. The molecule has 0 aromatic heterocycles. The standard InChI is InChI=1S/C21H33FN4O3/c1-4-26(5-2)20(27)8-11-23-21(28)24-17-9-12-25(13-10-17)15-16-6-7-19(29-3)18(22)14-16/h6-7,14,17H,4-5,8-13,15H2,1-3H3,(H2,23,24,28). The third-order valence-corrected chi connectivity index (χ3v) is 5.29. The van der Waals surface area contributed by atoms with Crippen LogP contribution in [0.1, 0.15) is 38.7 Å². The predicted octanol–water partition coefficient (Wildman–Crippen LogP) is 2.36. The molecule has 0 bridgehead atoms. The van der Waals surface area contributed by atoms with Gasteiger partial charge in [0.1, 0.15) is 0 Å². The van der Waals surface area contributed by atoms with Crippen molar-refractivity contribution in [1.82, 2.24) is 20.4 Å². The summed E-state index contributed by atoms with van der Waals surface area (Å²) in [6.45, 7) is 7.93. The van der Waals surface area contributed by atoms with E-state index in [1.807, 2.05) is 19.9 Å². The van der Waals surface area contributed by atoms with E-state index in [0.29, 0.717) is 32.6 Å². The number of methoxy groups -OCH3 is 1. The maximum Gasteiger partial charge on any atom is 0.315 e. The minimum absolute atomic E-state index is 0.0542. The molecule has 1 saturated heterocycles. The van der Waals surface area contributed by atoms with Gasteiger partial charge >= 0.3 is 6.03 Å². The first-order valence-electron chi connectivity index (χ1n) is 10.3. The number of benzene rings is 1. The molecule has 8 heteroatoms. The number of hydrogen-bond acceptors (Lipinski definition) is 4. The molecule has 1 heterocycles. The van der Waals surface area contributed by atoms with Gasteiger partial charge in [-0.05, 0) is 44.4 Å². The highest BCUT2D eigenvalue weighted by atomic mass is 19.1. The second-order valence-electron chi connectivity index (χ2n) is 7.24. The zero-order valence-electron chi connectivity index (χ0n) is 17.7. The van der Waals surface area contributed by atoms with Gasteiger partial charge in [0.2, 0.25) is 5.91 Å². The molecule has 1 aliphatic heterocycles. The van der Waals surface area contributed by atoms with E-state index in [0.717, 1.165) is 31.5 Å². The average molecular weight is 409 g/mol. The van der Waals surface area contributed by atoms with Crippen LogP contribution in [0.4, 0.5) is 9.18 Å². The predicted molar refractivity (Wildman–Crippen MR) is 110 cm³/mol. The van der Waals surface area contributed by atoms with Crippen molar-refractivity contribution in [2.24, 2.45) is 0 Å². The second kappa shape index (κ2) is 11.6. The minimum atomic E-state index is -0.349. The number of urea groups is 1. The smallest absolute Gasteiger partial charge is 0.315 e. The zero-order chi connectivity index (χ0) is 21.2. The van der Waals surface area contributed by atoms with Crippen LogP contribution in [0.2, 0.25) is 0 Å². The first-order valence-corrected chi connectivity index (χ1v) is 10.3. The normalized spacial score (nSPS) is 15.0. The van der Waals surface area contributed by atoms with Crippen LogP contribution in [0.3, 0.4) is 0 Å². The molecule has 0 unspecified atom stereocenters. The summed E-state index contributed by atoms with van der Waals surface area (Å²) in [5, 5.41) is 5.75. The van der Waals surface area contributed by atoms with Crippen LogP contribution in [0.25, 0.3) is 0 Å². The maximum atomic E-state index is 13.8. The Labute approximate surface area is 172 Å². The minimum Gasteiger partial charge on any atom is -0.494 e. The lowest BCUT2D eigenvalue weighted by Crippen LogP contribution is -2.48. The van der Waals surface area contributed by atoms with Crippen molar-refractivity contribution in [3.63, 3.8) is 0 Å². The summed E-state index contributed by atoms with van der Waals surface area (Å²) < 4.78 is 18.8. The molecule has 1 aromatic rings. The van der Waals surface area contributed by atoms with Crippen molar-refractivity contribution in [2.75, 3.05) is 39.8 Å². The fourth-order valence-electron chi connectivity index (χ4n) is 3.56. The fourth-order valence-corrected chi connectivity index (χ4v) is 3.56. The van der Waals surface area contributed by atoms with Crippen LogP contribution < -0.4 is 15.4 Å². The number of rotatable bonds is 9. The molecule has 0 spiro atoms. The summed E-state index contributed by atoms with van der Waals surface area (Å²) in [5.41, 5.74) is 0.908. The number of hydrogen-bond donors (Lipinski definition) is 2. The van der Waals surface area contributed by atoms with Crippen LogP contribution >= 0.6 is 0 Å². The highest BCUT2D eigenvalue weighted by Gasteiger charge is 2.21. The van der Waals surface area contributed by atoms with Crippen LogP contribution in [-0.2, 0) is 11.3 Å². The number of nitrogens with one attached hydrogen (secondary N) is 2. The highest BCUT2D eigenvalue weighted by Crippen LogP contribution is 2.20. The van der Waals surface area contributed by atoms with E-state index < -0.39 is 0 Å². The number of nitrogens with zero attached hydrogens (tertiary/aromatic N) is 2. The van der Waals surface area contributed by atoms with E-state index in [9.17, 15) is 14.0 Å². The average Bonchev–Trinajstić information content (AvgIpc) is 2.70. The Morgan fingerprint density at radius 2 is 1.93 bits per heavy atom. The molecule has 0 saturated carbocycles. The number of carbonyl (C=O) groups excluding carboxylic acids is 2. The molecule has 7 nitrogen and oxygen atoms in total. The molecule has 2 rings (SSSR count). The lowest BCUT2D eigenvalue weighted by molar-refractivity contribution is -0.130. The van der Waals surface area contributed by atoms with Crippen molar-refractivity contribution >= 4 is 11.9 Å². The van der Waals surface area contributed by atoms with Crippen LogP contribution in [0.15, 0.2) is 18.2 Å².